The van der Waals surface area contributed by atoms with Gasteiger partial charge in [0.05, 0.1) is 13.5 Å². The largest absolute Gasteiger partial charge is 0.496 e. The first-order valence-corrected chi connectivity index (χ1v) is 8.90. The van der Waals surface area contributed by atoms with Gasteiger partial charge in [-0.3, -0.25) is 9.59 Å². The summed E-state index contributed by atoms with van der Waals surface area (Å²) in [7, 11) is 1.56. The van der Waals surface area contributed by atoms with Crippen molar-refractivity contribution in [3.63, 3.8) is 0 Å². The predicted octanol–water partition coefficient (Wildman–Crippen LogP) is 3.77. The van der Waals surface area contributed by atoms with Gasteiger partial charge in [0.1, 0.15) is 11.5 Å². The molecule has 0 spiro atoms. The lowest BCUT2D eigenvalue weighted by atomic mass is 10.1. The summed E-state index contributed by atoms with van der Waals surface area (Å²) >= 11 is 0. The molecule has 28 heavy (non-hydrogen) atoms. The summed E-state index contributed by atoms with van der Waals surface area (Å²) < 4.78 is 10.6. The van der Waals surface area contributed by atoms with Crippen molar-refractivity contribution in [3.8, 4) is 11.5 Å². The molecule has 3 aromatic rings. The SMILES string of the molecule is COc1ccccc1CC(=O)Oc1cccc(C(=O)NCc2ccccc2)c1. The summed E-state index contributed by atoms with van der Waals surface area (Å²) in [6.45, 7) is 0.428. The smallest absolute Gasteiger partial charge is 0.315 e. The van der Waals surface area contributed by atoms with Crippen molar-refractivity contribution in [2.24, 2.45) is 0 Å². The summed E-state index contributed by atoms with van der Waals surface area (Å²) in [4.78, 5) is 24.6. The highest BCUT2D eigenvalue weighted by Crippen LogP contribution is 2.19. The molecule has 0 saturated carbocycles. The van der Waals surface area contributed by atoms with E-state index in [2.05, 4.69) is 5.32 Å². The van der Waals surface area contributed by atoms with Gasteiger partial charge < -0.3 is 14.8 Å². The number of ether oxygens (including phenoxy) is 2. The maximum Gasteiger partial charge on any atom is 0.315 e. The Balaban J connectivity index is 1.61. The molecule has 0 heterocycles. The van der Waals surface area contributed by atoms with Crippen molar-refractivity contribution < 1.29 is 19.1 Å². The summed E-state index contributed by atoms with van der Waals surface area (Å²) in [5, 5.41) is 2.85. The highest BCUT2D eigenvalue weighted by atomic mass is 16.5. The minimum absolute atomic E-state index is 0.0778. The van der Waals surface area contributed by atoms with Gasteiger partial charge in [-0.25, -0.2) is 0 Å². The van der Waals surface area contributed by atoms with Crippen LogP contribution < -0.4 is 14.8 Å². The second-order valence-electron chi connectivity index (χ2n) is 6.16. The van der Waals surface area contributed by atoms with E-state index in [9.17, 15) is 9.59 Å². The van der Waals surface area contributed by atoms with Crippen molar-refractivity contribution in [2.75, 3.05) is 7.11 Å². The molecule has 0 aliphatic heterocycles. The Morgan fingerprint density at radius 3 is 2.43 bits per heavy atom. The summed E-state index contributed by atoms with van der Waals surface area (Å²) in [6.07, 6.45) is 0.0778. The molecule has 0 bridgehead atoms. The molecule has 0 aliphatic carbocycles. The molecular formula is C23H21NO4. The molecule has 0 fully saturated rings. The fourth-order valence-corrected chi connectivity index (χ4v) is 2.75. The average molecular weight is 375 g/mol. The van der Waals surface area contributed by atoms with Crippen LogP contribution in [-0.4, -0.2) is 19.0 Å². The standard InChI is InChI=1S/C23H21NO4/c1-27-21-13-6-5-10-18(21)15-22(25)28-20-12-7-11-19(14-20)23(26)24-16-17-8-3-2-4-9-17/h2-14H,15-16H2,1H3,(H,24,26). The lowest BCUT2D eigenvalue weighted by Crippen LogP contribution is -2.22. The topological polar surface area (TPSA) is 64.6 Å². The maximum atomic E-state index is 12.4. The molecule has 0 atom stereocenters. The monoisotopic (exact) mass is 375 g/mol. The van der Waals surface area contributed by atoms with Crippen LogP contribution in [0.3, 0.4) is 0 Å². The summed E-state index contributed by atoms with van der Waals surface area (Å²) in [6, 6.07) is 23.5. The number of methoxy groups -OCH3 is 1. The Labute approximate surface area is 163 Å². The van der Waals surface area contributed by atoms with Gasteiger partial charge in [-0.15, -0.1) is 0 Å². The lowest BCUT2D eigenvalue weighted by molar-refractivity contribution is -0.133. The molecule has 0 aromatic heterocycles. The number of para-hydroxylation sites is 1. The Morgan fingerprint density at radius 2 is 1.64 bits per heavy atom. The predicted molar refractivity (Wildman–Crippen MR) is 106 cm³/mol. The van der Waals surface area contributed by atoms with Crippen LogP contribution in [0.15, 0.2) is 78.9 Å². The molecule has 1 N–H and O–H groups in total. The van der Waals surface area contributed by atoms with Crippen LogP contribution in [0.25, 0.3) is 0 Å². The van der Waals surface area contributed by atoms with Crippen LogP contribution in [-0.2, 0) is 17.8 Å². The number of carbonyl (C=O) groups is 2. The van der Waals surface area contributed by atoms with E-state index >= 15 is 0 Å². The van der Waals surface area contributed by atoms with Gasteiger partial charge in [-0.1, -0.05) is 54.6 Å². The van der Waals surface area contributed by atoms with Crippen molar-refractivity contribution in [1.29, 1.82) is 0 Å². The number of esters is 1. The van der Waals surface area contributed by atoms with E-state index in [1.807, 2.05) is 48.5 Å². The molecule has 3 rings (SSSR count). The van der Waals surface area contributed by atoms with Crippen molar-refractivity contribution in [1.82, 2.24) is 5.32 Å². The van der Waals surface area contributed by atoms with Gasteiger partial charge in [-0.2, -0.15) is 0 Å². The van der Waals surface area contributed by atoms with E-state index in [1.54, 1.807) is 37.4 Å². The minimum Gasteiger partial charge on any atom is -0.496 e. The first kappa shape index (κ1) is 19.2. The van der Waals surface area contributed by atoms with E-state index in [0.717, 1.165) is 11.1 Å². The second kappa shape index (κ2) is 9.37. The number of carbonyl (C=O) groups excluding carboxylic acids is 2. The normalized spacial score (nSPS) is 10.2. The van der Waals surface area contributed by atoms with Gasteiger partial charge in [0, 0.05) is 17.7 Å². The molecule has 0 radical (unpaired) electrons. The molecular weight excluding hydrogens is 354 g/mol. The zero-order valence-corrected chi connectivity index (χ0v) is 15.6. The molecule has 142 valence electrons. The van der Waals surface area contributed by atoms with E-state index in [4.69, 9.17) is 9.47 Å². The van der Waals surface area contributed by atoms with Gasteiger partial charge in [-0.05, 0) is 29.8 Å². The fraction of sp³-hybridized carbons (Fsp3) is 0.130. The van der Waals surface area contributed by atoms with Gasteiger partial charge in [0.15, 0.2) is 0 Å². The molecule has 5 heteroatoms. The second-order valence-corrected chi connectivity index (χ2v) is 6.16. The zero-order valence-electron chi connectivity index (χ0n) is 15.6. The molecule has 0 saturated heterocycles. The zero-order chi connectivity index (χ0) is 19.8. The van der Waals surface area contributed by atoms with Crippen molar-refractivity contribution in [3.05, 3.63) is 95.6 Å². The maximum absolute atomic E-state index is 12.4. The molecule has 1 amide bonds. The van der Waals surface area contributed by atoms with E-state index in [1.165, 1.54) is 0 Å². The molecule has 0 aliphatic rings. The van der Waals surface area contributed by atoms with Crippen LogP contribution in [0.2, 0.25) is 0 Å². The van der Waals surface area contributed by atoms with Crippen LogP contribution in [0, 0.1) is 0 Å². The Bertz CT molecular complexity index is 954. The fourth-order valence-electron chi connectivity index (χ4n) is 2.75. The number of benzene rings is 3. The highest BCUT2D eigenvalue weighted by molar-refractivity contribution is 5.94. The van der Waals surface area contributed by atoms with Crippen molar-refractivity contribution >= 4 is 11.9 Å². The third-order valence-corrected chi connectivity index (χ3v) is 4.15. The van der Waals surface area contributed by atoms with Crippen LogP contribution >= 0.6 is 0 Å². The molecule has 5 nitrogen and oxygen atoms in total. The number of nitrogens with one attached hydrogen (secondary N) is 1. The minimum atomic E-state index is -0.425. The lowest BCUT2D eigenvalue weighted by Gasteiger charge is -2.09. The first-order chi connectivity index (χ1) is 13.7. The Morgan fingerprint density at radius 1 is 0.893 bits per heavy atom. The summed E-state index contributed by atoms with van der Waals surface area (Å²) in [5.41, 5.74) is 2.18. The third kappa shape index (κ3) is 5.20. The van der Waals surface area contributed by atoms with Crippen LogP contribution in [0.5, 0.6) is 11.5 Å². The van der Waals surface area contributed by atoms with Crippen molar-refractivity contribution in [2.45, 2.75) is 13.0 Å². The Hall–Kier alpha value is -3.60. The Kier molecular flexibility index (Phi) is 6.41. The van der Waals surface area contributed by atoms with Gasteiger partial charge in [0.2, 0.25) is 0 Å². The quantitative estimate of drug-likeness (QED) is 0.504. The molecule has 3 aromatic carbocycles. The van der Waals surface area contributed by atoms with E-state index in [0.29, 0.717) is 23.6 Å². The van der Waals surface area contributed by atoms with E-state index < -0.39 is 5.97 Å². The van der Waals surface area contributed by atoms with Crippen LogP contribution in [0.1, 0.15) is 21.5 Å². The average Bonchev–Trinajstić information content (AvgIpc) is 2.73. The van der Waals surface area contributed by atoms with Gasteiger partial charge in [0.25, 0.3) is 5.91 Å². The number of hydrogen-bond donors (Lipinski definition) is 1. The first-order valence-electron chi connectivity index (χ1n) is 8.90. The molecule has 0 unspecified atom stereocenters. The summed E-state index contributed by atoms with van der Waals surface area (Å²) in [5.74, 6) is 0.304. The van der Waals surface area contributed by atoms with E-state index in [-0.39, 0.29) is 12.3 Å². The third-order valence-electron chi connectivity index (χ3n) is 4.15. The number of amides is 1. The van der Waals surface area contributed by atoms with Gasteiger partial charge >= 0.3 is 5.97 Å². The van der Waals surface area contributed by atoms with Crippen LogP contribution in [0.4, 0.5) is 0 Å². The number of rotatable bonds is 7. The number of hydrogen-bond acceptors (Lipinski definition) is 4. The highest BCUT2D eigenvalue weighted by Gasteiger charge is 2.12.